The van der Waals surface area contributed by atoms with Gasteiger partial charge in [0.1, 0.15) is 11.6 Å². The average molecular weight is 392 g/mol. The Kier molecular flexibility index (Phi) is 5.04. The Labute approximate surface area is 165 Å². The lowest BCUT2D eigenvalue weighted by Gasteiger charge is -2.15. The predicted octanol–water partition coefficient (Wildman–Crippen LogP) is 5.77. The molecule has 1 saturated heterocycles. The highest BCUT2D eigenvalue weighted by atomic mass is 32.2. The van der Waals surface area contributed by atoms with E-state index in [2.05, 4.69) is 4.99 Å². The maximum absolute atomic E-state index is 13.3. The third kappa shape index (κ3) is 3.87. The zero-order valence-corrected chi connectivity index (χ0v) is 15.4. The highest BCUT2D eigenvalue weighted by Crippen LogP contribution is 2.37. The third-order valence-electron chi connectivity index (χ3n) is 4.04. The molecule has 0 saturated carbocycles. The molecule has 3 aromatic rings. The van der Waals surface area contributed by atoms with Crippen LogP contribution in [0.3, 0.4) is 0 Å². The molecule has 1 aliphatic heterocycles. The monoisotopic (exact) mass is 392 g/mol. The molecule has 3 nitrogen and oxygen atoms in total. The summed E-state index contributed by atoms with van der Waals surface area (Å²) in [6, 6.07) is 20.8. The molecule has 1 fully saturated rings. The molecular formula is C22H14F2N2OS. The summed E-state index contributed by atoms with van der Waals surface area (Å²) in [5, 5.41) is 0.422. The molecule has 6 heteroatoms. The lowest BCUT2D eigenvalue weighted by atomic mass is 10.2. The van der Waals surface area contributed by atoms with Crippen molar-refractivity contribution in [2.45, 2.75) is 0 Å². The first-order valence-corrected chi connectivity index (χ1v) is 9.31. The number of amides is 1. The Hall–Kier alpha value is -3.25. The van der Waals surface area contributed by atoms with Crippen LogP contribution >= 0.6 is 11.8 Å². The van der Waals surface area contributed by atoms with Gasteiger partial charge in [-0.15, -0.1) is 0 Å². The molecule has 138 valence electrons. The number of carbonyl (C=O) groups is 1. The van der Waals surface area contributed by atoms with Crippen LogP contribution < -0.4 is 4.90 Å². The van der Waals surface area contributed by atoms with E-state index in [-0.39, 0.29) is 17.5 Å². The minimum atomic E-state index is -0.389. The van der Waals surface area contributed by atoms with E-state index >= 15 is 0 Å². The Balaban J connectivity index is 1.77. The first-order chi connectivity index (χ1) is 13.6. The molecule has 0 N–H and O–H groups in total. The van der Waals surface area contributed by atoms with Crippen molar-refractivity contribution in [3.63, 3.8) is 0 Å². The van der Waals surface area contributed by atoms with Gasteiger partial charge in [0, 0.05) is 0 Å². The fourth-order valence-corrected chi connectivity index (χ4v) is 3.69. The lowest BCUT2D eigenvalue weighted by molar-refractivity contribution is -0.113. The number of aliphatic imine (C=N–C) groups is 1. The topological polar surface area (TPSA) is 32.7 Å². The van der Waals surface area contributed by atoms with Gasteiger partial charge in [0.2, 0.25) is 0 Å². The number of anilines is 1. The van der Waals surface area contributed by atoms with Crippen LogP contribution in [0.25, 0.3) is 6.08 Å². The molecule has 1 aliphatic rings. The number of amidine groups is 1. The molecular weight excluding hydrogens is 378 g/mol. The van der Waals surface area contributed by atoms with Crippen molar-refractivity contribution in [2.24, 2.45) is 4.99 Å². The lowest BCUT2D eigenvalue weighted by Crippen LogP contribution is -2.28. The first-order valence-electron chi connectivity index (χ1n) is 8.49. The molecule has 28 heavy (non-hydrogen) atoms. The number of carbonyl (C=O) groups excluding carboxylic acids is 1. The van der Waals surface area contributed by atoms with Crippen LogP contribution in [0.4, 0.5) is 20.2 Å². The molecule has 0 aromatic heterocycles. The van der Waals surface area contributed by atoms with Crippen LogP contribution in [0.1, 0.15) is 5.56 Å². The summed E-state index contributed by atoms with van der Waals surface area (Å²) < 4.78 is 26.5. The van der Waals surface area contributed by atoms with Crippen molar-refractivity contribution in [3.05, 3.63) is 101 Å². The number of thioether (sulfide) groups is 1. The third-order valence-corrected chi connectivity index (χ3v) is 5.01. The number of halogens is 2. The minimum absolute atomic E-state index is 0.249. The van der Waals surface area contributed by atoms with Crippen LogP contribution in [0.15, 0.2) is 88.8 Å². The van der Waals surface area contributed by atoms with E-state index in [1.807, 2.05) is 30.3 Å². The van der Waals surface area contributed by atoms with Crippen LogP contribution in [0.5, 0.6) is 0 Å². The molecule has 1 heterocycles. The fraction of sp³-hybridized carbons (Fsp3) is 0. The molecule has 4 rings (SSSR count). The summed E-state index contributed by atoms with van der Waals surface area (Å²) in [6.07, 6.45) is 1.79. The second-order valence-corrected chi connectivity index (χ2v) is 7.02. The Morgan fingerprint density at radius 2 is 1.43 bits per heavy atom. The summed E-state index contributed by atoms with van der Waals surface area (Å²) in [4.78, 5) is 19.5. The molecule has 3 aromatic carbocycles. The van der Waals surface area contributed by atoms with Gasteiger partial charge in [0.05, 0.1) is 16.3 Å². The van der Waals surface area contributed by atoms with Gasteiger partial charge < -0.3 is 0 Å². The summed E-state index contributed by atoms with van der Waals surface area (Å²) >= 11 is 1.22. The molecule has 0 spiro atoms. The Morgan fingerprint density at radius 1 is 0.821 bits per heavy atom. The summed E-state index contributed by atoms with van der Waals surface area (Å²) in [7, 11) is 0. The van der Waals surface area contributed by atoms with Gasteiger partial charge in [-0.25, -0.2) is 13.8 Å². The van der Waals surface area contributed by atoms with Crippen LogP contribution in [-0.4, -0.2) is 11.1 Å². The smallest absolute Gasteiger partial charge is 0.268 e. The number of rotatable bonds is 3. The highest BCUT2D eigenvalue weighted by Gasteiger charge is 2.34. The zero-order valence-electron chi connectivity index (χ0n) is 14.5. The number of benzene rings is 3. The number of hydrogen-bond donors (Lipinski definition) is 0. The van der Waals surface area contributed by atoms with Crippen molar-refractivity contribution in [3.8, 4) is 0 Å². The van der Waals surface area contributed by atoms with Gasteiger partial charge in [-0.2, -0.15) is 0 Å². The van der Waals surface area contributed by atoms with E-state index in [4.69, 9.17) is 0 Å². The van der Waals surface area contributed by atoms with Crippen LogP contribution in [0.2, 0.25) is 0 Å². The van der Waals surface area contributed by atoms with E-state index in [0.29, 0.717) is 21.4 Å². The van der Waals surface area contributed by atoms with Crippen LogP contribution in [0, 0.1) is 11.6 Å². The molecule has 0 radical (unpaired) electrons. The van der Waals surface area contributed by atoms with Crippen molar-refractivity contribution in [1.29, 1.82) is 0 Å². The van der Waals surface area contributed by atoms with Gasteiger partial charge in [0.25, 0.3) is 5.91 Å². The average Bonchev–Trinajstić information content (AvgIpc) is 3.00. The van der Waals surface area contributed by atoms with E-state index in [9.17, 15) is 13.6 Å². The Bertz CT molecular complexity index is 1060. The van der Waals surface area contributed by atoms with Crippen molar-refractivity contribution in [2.75, 3.05) is 4.90 Å². The second-order valence-electron chi connectivity index (χ2n) is 6.01. The Morgan fingerprint density at radius 3 is 2.07 bits per heavy atom. The number of nitrogens with zero attached hydrogens (tertiary/aromatic N) is 2. The van der Waals surface area contributed by atoms with Crippen molar-refractivity contribution < 1.29 is 13.6 Å². The van der Waals surface area contributed by atoms with Gasteiger partial charge in [-0.1, -0.05) is 30.3 Å². The standard InChI is InChI=1S/C22H14F2N2OS/c23-16-6-10-18(11-7-16)25-22-26(19-12-8-17(24)9-13-19)21(27)20(28-22)14-15-4-2-1-3-5-15/h1-14H/b20-14+,25-22?. The van der Waals surface area contributed by atoms with E-state index in [0.717, 1.165) is 5.56 Å². The van der Waals surface area contributed by atoms with E-state index in [1.54, 1.807) is 6.08 Å². The largest absolute Gasteiger partial charge is 0.271 e. The van der Waals surface area contributed by atoms with Gasteiger partial charge in [0.15, 0.2) is 5.17 Å². The summed E-state index contributed by atoms with van der Waals surface area (Å²) in [5.74, 6) is -0.999. The van der Waals surface area contributed by atoms with E-state index in [1.165, 1.54) is 65.2 Å². The maximum atomic E-state index is 13.3. The second kappa shape index (κ2) is 7.78. The van der Waals surface area contributed by atoms with E-state index < -0.39 is 0 Å². The fourth-order valence-electron chi connectivity index (χ4n) is 2.69. The highest BCUT2D eigenvalue weighted by molar-refractivity contribution is 8.19. The van der Waals surface area contributed by atoms with Crippen LogP contribution in [-0.2, 0) is 4.79 Å². The minimum Gasteiger partial charge on any atom is -0.268 e. The van der Waals surface area contributed by atoms with Gasteiger partial charge in [-0.05, 0) is 71.9 Å². The van der Waals surface area contributed by atoms with Gasteiger partial charge >= 0.3 is 0 Å². The molecule has 0 aliphatic carbocycles. The SMILES string of the molecule is O=C1/C(=C\c2ccccc2)SC(=Nc2ccc(F)cc2)N1c1ccc(F)cc1. The molecule has 0 atom stereocenters. The predicted molar refractivity (Wildman–Crippen MR) is 109 cm³/mol. The molecule has 0 bridgehead atoms. The zero-order chi connectivity index (χ0) is 19.5. The van der Waals surface area contributed by atoms with Crippen molar-refractivity contribution >= 4 is 40.3 Å². The van der Waals surface area contributed by atoms with Crippen molar-refractivity contribution in [1.82, 2.24) is 0 Å². The number of hydrogen-bond acceptors (Lipinski definition) is 3. The molecule has 1 amide bonds. The summed E-state index contributed by atoms with van der Waals surface area (Å²) in [6.45, 7) is 0. The normalized spacial score (nSPS) is 16.9. The first kappa shape index (κ1) is 18.1. The maximum Gasteiger partial charge on any atom is 0.271 e. The molecule has 0 unspecified atom stereocenters. The quantitative estimate of drug-likeness (QED) is 0.530. The van der Waals surface area contributed by atoms with Gasteiger partial charge in [-0.3, -0.25) is 9.69 Å². The summed E-state index contributed by atoms with van der Waals surface area (Å²) in [5.41, 5.74) is 1.92.